The smallest absolute Gasteiger partial charge is 0.337 e. The van der Waals surface area contributed by atoms with Crippen LogP contribution in [0.2, 0.25) is 0 Å². The van der Waals surface area contributed by atoms with Crippen LogP contribution in [-0.2, 0) is 14.3 Å². The van der Waals surface area contributed by atoms with Gasteiger partial charge in [-0.1, -0.05) is 0 Å². The fourth-order valence-electron chi connectivity index (χ4n) is 4.41. The van der Waals surface area contributed by atoms with Crippen molar-refractivity contribution < 1.29 is 14.3 Å². The van der Waals surface area contributed by atoms with Crippen molar-refractivity contribution >= 4 is 17.3 Å². The number of likely N-dealkylation sites (N-methyl/N-ethyl adjacent to an activating group) is 1. The molecule has 7 nitrogen and oxygen atoms in total. The number of ether oxygens (including phenoxy) is 2. The molecule has 8 heteroatoms. The number of hydrogen-bond donors (Lipinski definition) is 0. The molecule has 0 amide bonds. The van der Waals surface area contributed by atoms with Gasteiger partial charge in [0.25, 0.3) is 0 Å². The molecule has 2 saturated heterocycles. The van der Waals surface area contributed by atoms with Crippen molar-refractivity contribution in [3.63, 3.8) is 0 Å². The molecule has 27 heavy (non-hydrogen) atoms. The highest BCUT2D eigenvalue weighted by Gasteiger charge is 2.42. The van der Waals surface area contributed by atoms with E-state index >= 15 is 0 Å². The Bertz CT molecular complexity index is 687. The molecular weight excluding hydrogens is 364 g/mol. The van der Waals surface area contributed by atoms with Gasteiger partial charge in [-0.2, -0.15) is 0 Å². The standard InChI is InChI=1S/C19H28N4O3S/c1-3-26-19(24)15-13-21(2)18(17-20-4-9-27-17)23-12-14(10-16(15)23)11-22-5-7-25-8-6-22/h4,9,14,18H,3,5-8,10-13H2,1-2H3. The molecule has 0 saturated carbocycles. The van der Waals surface area contributed by atoms with E-state index in [-0.39, 0.29) is 12.1 Å². The maximum Gasteiger partial charge on any atom is 0.337 e. The SMILES string of the molecule is CCOC(=O)C1=C2CC(CN3CCOCC3)CN2C(c2nccs2)N(C)C1. The molecule has 148 valence electrons. The molecule has 2 unspecified atom stereocenters. The van der Waals surface area contributed by atoms with E-state index in [1.807, 2.05) is 18.5 Å². The van der Waals surface area contributed by atoms with E-state index in [4.69, 9.17) is 9.47 Å². The lowest BCUT2D eigenvalue weighted by molar-refractivity contribution is -0.139. The summed E-state index contributed by atoms with van der Waals surface area (Å²) in [6.07, 6.45) is 2.90. The van der Waals surface area contributed by atoms with E-state index in [0.29, 0.717) is 19.1 Å². The maximum atomic E-state index is 12.6. The van der Waals surface area contributed by atoms with Gasteiger partial charge in [0.05, 0.1) is 25.4 Å². The minimum Gasteiger partial charge on any atom is -0.463 e. The second-order valence-electron chi connectivity index (χ2n) is 7.44. The van der Waals surface area contributed by atoms with E-state index in [1.54, 1.807) is 11.3 Å². The average Bonchev–Trinajstić information content (AvgIpc) is 3.32. The highest BCUT2D eigenvalue weighted by Crippen LogP contribution is 2.42. The average molecular weight is 393 g/mol. The van der Waals surface area contributed by atoms with E-state index in [9.17, 15) is 4.79 Å². The number of morpholine rings is 1. The van der Waals surface area contributed by atoms with Gasteiger partial charge in [-0.3, -0.25) is 9.80 Å². The van der Waals surface area contributed by atoms with Gasteiger partial charge in [-0.25, -0.2) is 9.78 Å². The van der Waals surface area contributed by atoms with Crippen molar-refractivity contribution in [3.8, 4) is 0 Å². The van der Waals surface area contributed by atoms with Gasteiger partial charge in [0.1, 0.15) is 11.2 Å². The van der Waals surface area contributed by atoms with Crippen LogP contribution in [0.15, 0.2) is 22.8 Å². The summed E-state index contributed by atoms with van der Waals surface area (Å²) in [5.41, 5.74) is 1.97. The van der Waals surface area contributed by atoms with E-state index in [0.717, 1.165) is 62.1 Å². The van der Waals surface area contributed by atoms with Crippen LogP contribution in [0.5, 0.6) is 0 Å². The topological polar surface area (TPSA) is 58.1 Å². The van der Waals surface area contributed by atoms with E-state index in [1.165, 1.54) is 0 Å². The second kappa shape index (κ2) is 8.26. The number of allylic oxidation sites excluding steroid dienone is 1. The number of carbonyl (C=O) groups excluding carboxylic acids is 1. The lowest BCUT2D eigenvalue weighted by Gasteiger charge is -2.41. The zero-order valence-electron chi connectivity index (χ0n) is 16.1. The van der Waals surface area contributed by atoms with Gasteiger partial charge < -0.3 is 14.4 Å². The molecule has 3 aliphatic rings. The Labute approximate surface area is 164 Å². The minimum absolute atomic E-state index is 0.105. The van der Waals surface area contributed by atoms with E-state index in [2.05, 4.69) is 26.7 Å². The molecule has 0 bridgehead atoms. The molecule has 0 aromatic carbocycles. The molecule has 4 heterocycles. The largest absolute Gasteiger partial charge is 0.463 e. The van der Waals surface area contributed by atoms with Crippen molar-refractivity contribution in [2.45, 2.75) is 19.5 Å². The fourth-order valence-corrected chi connectivity index (χ4v) is 5.22. The number of thiazole rings is 1. The molecule has 1 aromatic rings. The maximum absolute atomic E-state index is 12.6. The number of rotatable bonds is 5. The molecule has 2 atom stereocenters. The molecule has 0 N–H and O–H groups in total. The van der Waals surface area contributed by atoms with E-state index < -0.39 is 0 Å². The summed E-state index contributed by atoms with van der Waals surface area (Å²) in [6, 6.07) is 0. The number of esters is 1. The van der Waals surface area contributed by atoms with Gasteiger partial charge in [0.2, 0.25) is 0 Å². The molecule has 0 radical (unpaired) electrons. The van der Waals surface area contributed by atoms with Crippen LogP contribution in [0, 0.1) is 5.92 Å². The van der Waals surface area contributed by atoms with Crippen LogP contribution in [-0.4, -0.2) is 85.2 Å². The Balaban J connectivity index is 1.59. The zero-order valence-corrected chi connectivity index (χ0v) is 16.9. The Morgan fingerprint density at radius 2 is 2.22 bits per heavy atom. The first-order valence-electron chi connectivity index (χ1n) is 9.73. The first-order valence-corrected chi connectivity index (χ1v) is 10.6. The Kier molecular flexibility index (Phi) is 5.77. The third kappa shape index (κ3) is 3.89. The first-order chi connectivity index (χ1) is 13.2. The molecule has 2 fully saturated rings. The van der Waals surface area contributed by atoms with Crippen LogP contribution in [0.3, 0.4) is 0 Å². The van der Waals surface area contributed by atoms with Crippen molar-refractivity contribution in [2.24, 2.45) is 5.92 Å². The molecule has 3 aliphatic heterocycles. The van der Waals surface area contributed by atoms with Crippen LogP contribution in [0.1, 0.15) is 24.5 Å². The molecule has 1 aromatic heterocycles. The van der Waals surface area contributed by atoms with Gasteiger partial charge in [0, 0.05) is 50.0 Å². The predicted octanol–water partition coefficient (Wildman–Crippen LogP) is 1.56. The van der Waals surface area contributed by atoms with Gasteiger partial charge in [0.15, 0.2) is 0 Å². The van der Waals surface area contributed by atoms with Crippen molar-refractivity contribution in [2.75, 3.05) is 59.6 Å². The highest BCUT2D eigenvalue weighted by molar-refractivity contribution is 7.09. The minimum atomic E-state index is -0.172. The lowest BCUT2D eigenvalue weighted by Crippen LogP contribution is -2.45. The zero-order chi connectivity index (χ0) is 18.8. The molecule has 0 aliphatic carbocycles. The van der Waals surface area contributed by atoms with Crippen molar-refractivity contribution in [3.05, 3.63) is 27.9 Å². The van der Waals surface area contributed by atoms with Crippen LogP contribution in [0.25, 0.3) is 0 Å². The Morgan fingerprint density at radius 3 is 2.93 bits per heavy atom. The number of carbonyl (C=O) groups is 1. The Hall–Kier alpha value is -1.48. The van der Waals surface area contributed by atoms with Crippen molar-refractivity contribution in [1.82, 2.24) is 19.7 Å². The number of nitrogens with zero attached hydrogens (tertiary/aromatic N) is 4. The lowest BCUT2D eigenvalue weighted by atomic mass is 10.0. The third-order valence-electron chi connectivity index (χ3n) is 5.57. The first kappa shape index (κ1) is 18.9. The summed E-state index contributed by atoms with van der Waals surface area (Å²) < 4.78 is 10.8. The predicted molar refractivity (Wildman–Crippen MR) is 103 cm³/mol. The summed E-state index contributed by atoms with van der Waals surface area (Å²) in [7, 11) is 2.07. The monoisotopic (exact) mass is 392 g/mol. The second-order valence-corrected chi connectivity index (χ2v) is 8.37. The summed E-state index contributed by atoms with van der Waals surface area (Å²) >= 11 is 1.68. The highest BCUT2D eigenvalue weighted by atomic mass is 32.1. The van der Waals surface area contributed by atoms with Gasteiger partial charge in [-0.05, 0) is 26.3 Å². The molecule has 4 rings (SSSR count). The Morgan fingerprint density at radius 1 is 1.41 bits per heavy atom. The van der Waals surface area contributed by atoms with Gasteiger partial charge in [-0.15, -0.1) is 11.3 Å². The number of fused-ring (bicyclic) bond motifs is 1. The normalized spacial score (nSPS) is 27.1. The number of hydrogen-bond acceptors (Lipinski definition) is 8. The summed E-state index contributed by atoms with van der Waals surface area (Å²) in [4.78, 5) is 24.3. The van der Waals surface area contributed by atoms with Gasteiger partial charge >= 0.3 is 5.97 Å². The number of aromatic nitrogens is 1. The van der Waals surface area contributed by atoms with Crippen LogP contribution in [0.4, 0.5) is 0 Å². The molecule has 0 spiro atoms. The van der Waals surface area contributed by atoms with Crippen LogP contribution >= 0.6 is 11.3 Å². The summed E-state index contributed by atoms with van der Waals surface area (Å²) in [5, 5.41) is 3.11. The van der Waals surface area contributed by atoms with Crippen LogP contribution < -0.4 is 0 Å². The summed E-state index contributed by atoms with van der Waals surface area (Å²) in [5.74, 6) is 0.338. The fraction of sp³-hybridized carbons (Fsp3) is 0.684. The summed E-state index contributed by atoms with van der Waals surface area (Å²) in [6.45, 7) is 8.51. The molecular formula is C19H28N4O3S. The van der Waals surface area contributed by atoms with Crippen molar-refractivity contribution in [1.29, 1.82) is 0 Å². The third-order valence-corrected chi connectivity index (χ3v) is 6.38. The quantitative estimate of drug-likeness (QED) is 0.705.